The minimum Gasteiger partial charge on any atom is -0.393 e. The first kappa shape index (κ1) is 10.4. The monoisotopic (exact) mass is 268 g/mol. The van der Waals surface area contributed by atoms with Gasteiger partial charge in [0.1, 0.15) is 0 Å². The predicted molar refractivity (Wildman–Crippen MR) is 57.2 cm³/mol. The van der Waals surface area contributed by atoms with Crippen LogP contribution in [0.25, 0.3) is 0 Å². The molecular weight excluding hydrogens is 260 g/mol. The number of rotatable bonds is 1. The average molecular weight is 269 g/mol. The van der Waals surface area contributed by atoms with Crippen LogP contribution in [0.2, 0.25) is 0 Å². The fourth-order valence-electron chi connectivity index (χ4n) is 1.64. The molecule has 0 amide bonds. The second kappa shape index (κ2) is 4.14. The molecule has 15 heavy (non-hydrogen) atoms. The van der Waals surface area contributed by atoms with Crippen molar-refractivity contribution in [1.29, 1.82) is 0 Å². The van der Waals surface area contributed by atoms with Gasteiger partial charge in [-0.3, -0.25) is 9.59 Å². The number of cyclic esters (lactones) is 2. The zero-order valence-corrected chi connectivity index (χ0v) is 9.49. The Kier molecular flexibility index (Phi) is 2.86. The van der Waals surface area contributed by atoms with Gasteiger partial charge in [0.05, 0.1) is 5.92 Å². The number of ether oxygens (including phenoxy) is 1. The molecule has 78 valence electrons. The fraction of sp³-hybridized carbons (Fsp3) is 0.273. The molecule has 0 bridgehead atoms. The Morgan fingerprint density at radius 3 is 2.80 bits per heavy atom. The highest BCUT2D eigenvalue weighted by Crippen LogP contribution is 2.28. The van der Waals surface area contributed by atoms with Crippen molar-refractivity contribution in [3.05, 3.63) is 34.3 Å². The number of hydrogen-bond acceptors (Lipinski definition) is 3. The van der Waals surface area contributed by atoms with E-state index in [4.69, 9.17) is 0 Å². The summed E-state index contributed by atoms with van der Waals surface area (Å²) in [5.74, 6) is -1.17. The third kappa shape index (κ3) is 2.26. The molecule has 1 aliphatic rings. The molecule has 1 aromatic rings. The van der Waals surface area contributed by atoms with Crippen LogP contribution in [0.3, 0.4) is 0 Å². The highest BCUT2D eigenvalue weighted by molar-refractivity contribution is 9.10. The van der Waals surface area contributed by atoms with Crippen molar-refractivity contribution in [1.82, 2.24) is 0 Å². The molecule has 0 aliphatic carbocycles. The molecule has 1 aromatic carbocycles. The van der Waals surface area contributed by atoms with Gasteiger partial charge in [-0.1, -0.05) is 28.1 Å². The third-order valence-electron chi connectivity index (χ3n) is 2.39. The Morgan fingerprint density at radius 1 is 1.33 bits per heavy atom. The van der Waals surface area contributed by atoms with Crippen LogP contribution in [-0.2, 0) is 14.3 Å². The van der Waals surface area contributed by atoms with Crippen LogP contribution in [0, 0.1) is 0 Å². The van der Waals surface area contributed by atoms with Gasteiger partial charge in [-0.05, 0) is 24.1 Å². The molecule has 1 saturated heterocycles. The Hall–Kier alpha value is -1.16. The summed E-state index contributed by atoms with van der Waals surface area (Å²) in [4.78, 5) is 22.3. The zero-order chi connectivity index (χ0) is 10.8. The molecule has 1 aliphatic heterocycles. The molecule has 1 atom stereocenters. The lowest BCUT2D eigenvalue weighted by Gasteiger charge is -2.19. The van der Waals surface area contributed by atoms with Crippen LogP contribution in [0.5, 0.6) is 0 Å². The lowest BCUT2D eigenvalue weighted by atomic mass is 9.93. The zero-order valence-electron chi connectivity index (χ0n) is 7.90. The van der Waals surface area contributed by atoms with Crippen LogP contribution in [0.4, 0.5) is 0 Å². The standard InChI is InChI=1S/C11H9BrO3/c12-8-3-1-2-7(6-8)9-4-5-10(13)15-11(9)14/h1-3,6,9H,4-5H2. The van der Waals surface area contributed by atoms with Crippen molar-refractivity contribution >= 4 is 27.9 Å². The molecule has 0 aromatic heterocycles. The van der Waals surface area contributed by atoms with E-state index < -0.39 is 11.9 Å². The maximum atomic E-state index is 11.5. The number of carbonyl (C=O) groups is 2. The summed E-state index contributed by atoms with van der Waals surface area (Å²) in [7, 11) is 0. The molecule has 0 saturated carbocycles. The average Bonchev–Trinajstić information content (AvgIpc) is 2.17. The first-order valence-electron chi connectivity index (χ1n) is 4.67. The summed E-state index contributed by atoms with van der Waals surface area (Å²) in [6, 6.07) is 7.50. The Labute approximate surface area is 95.6 Å². The van der Waals surface area contributed by atoms with Crippen LogP contribution >= 0.6 is 15.9 Å². The van der Waals surface area contributed by atoms with Crippen molar-refractivity contribution in [2.45, 2.75) is 18.8 Å². The molecule has 2 rings (SSSR count). The van der Waals surface area contributed by atoms with E-state index in [1.807, 2.05) is 24.3 Å². The van der Waals surface area contributed by atoms with E-state index in [0.29, 0.717) is 12.8 Å². The van der Waals surface area contributed by atoms with E-state index in [0.717, 1.165) is 10.0 Å². The molecular formula is C11H9BrO3. The van der Waals surface area contributed by atoms with E-state index in [9.17, 15) is 9.59 Å². The predicted octanol–water partition coefficient (Wildman–Crippen LogP) is 2.40. The molecule has 4 heteroatoms. The number of hydrogen-bond donors (Lipinski definition) is 0. The quantitative estimate of drug-likeness (QED) is 0.580. The van der Waals surface area contributed by atoms with Crippen molar-refractivity contribution < 1.29 is 14.3 Å². The molecule has 1 fully saturated rings. The van der Waals surface area contributed by atoms with Crippen LogP contribution in [-0.4, -0.2) is 11.9 Å². The topological polar surface area (TPSA) is 43.4 Å². The largest absolute Gasteiger partial charge is 0.393 e. The van der Waals surface area contributed by atoms with Gasteiger partial charge in [0.2, 0.25) is 0 Å². The normalized spacial score (nSPS) is 21.3. The van der Waals surface area contributed by atoms with Crippen molar-refractivity contribution in [2.75, 3.05) is 0 Å². The molecule has 1 heterocycles. The van der Waals surface area contributed by atoms with Gasteiger partial charge in [-0.2, -0.15) is 0 Å². The SMILES string of the molecule is O=C1CCC(c2cccc(Br)c2)C(=O)O1. The second-order valence-corrected chi connectivity index (χ2v) is 4.36. The molecule has 3 nitrogen and oxygen atoms in total. The van der Waals surface area contributed by atoms with E-state index in [2.05, 4.69) is 20.7 Å². The minimum atomic E-state index is -0.440. The van der Waals surface area contributed by atoms with Gasteiger partial charge in [-0.15, -0.1) is 0 Å². The maximum absolute atomic E-state index is 11.5. The summed E-state index contributed by atoms with van der Waals surface area (Å²) >= 11 is 3.34. The molecule has 0 radical (unpaired) electrons. The van der Waals surface area contributed by atoms with Crippen molar-refractivity contribution in [3.63, 3.8) is 0 Å². The van der Waals surface area contributed by atoms with Crippen LogP contribution in [0.1, 0.15) is 24.3 Å². The Balaban J connectivity index is 2.24. The molecule has 0 spiro atoms. The summed E-state index contributed by atoms with van der Waals surface area (Å²) in [5.41, 5.74) is 0.891. The van der Waals surface area contributed by atoms with E-state index in [1.54, 1.807) is 0 Å². The summed E-state index contributed by atoms with van der Waals surface area (Å²) in [6.07, 6.45) is 0.844. The summed E-state index contributed by atoms with van der Waals surface area (Å²) < 4.78 is 5.52. The lowest BCUT2D eigenvalue weighted by Crippen LogP contribution is -2.26. The highest BCUT2D eigenvalue weighted by Gasteiger charge is 2.30. The van der Waals surface area contributed by atoms with Gasteiger partial charge in [-0.25, -0.2) is 0 Å². The third-order valence-corrected chi connectivity index (χ3v) is 2.88. The first-order chi connectivity index (χ1) is 7.16. The van der Waals surface area contributed by atoms with Gasteiger partial charge in [0, 0.05) is 10.9 Å². The smallest absolute Gasteiger partial charge is 0.321 e. The van der Waals surface area contributed by atoms with Gasteiger partial charge < -0.3 is 4.74 Å². The maximum Gasteiger partial charge on any atom is 0.321 e. The number of benzene rings is 1. The highest BCUT2D eigenvalue weighted by atomic mass is 79.9. The lowest BCUT2D eigenvalue weighted by molar-refractivity contribution is -0.164. The first-order valence-corrected chi connectivity index (χ1v) is 5.46. The minimum absolute atomic E-state index is 0.305. The van der Waals surface area contributed by atoms with Gasteiger partial charge in [0.25, 0.3) is 0 Å². The van der Waals surface area contributed by atoms with E-state index >= 15 is 0 Å². The molecule has 0 N–H and O–H groups in total. The summed E-state index contributed by atoms with van der Waals surface area (Å²) in [6.45, 7) is 0. The Morgan fingerprint density at radius 2 is 2.13 bits per heavy atom. The number of halogens is 1. The van der Waals surface area contributed by atoms with E-state index in [-0.39, 0.29) is 5.92 Å². The number of esters is 2. The Bertz CT molecular complexity index is 414. The van der Waals surface area contributed by atoms with Crippen molar-refractivity contribution in [3.8, 4) is 0 Å². The molecule has 1 unspecified atom stereocenters. The van der Waals surface area contributed by atoms with Gasteiger partial charge >= 0.3 is 11.9 Å². The number of carbonyl (C=O) groups excluding carboxylic acids is 2. The van der Waals surface area contributed by atoms with E-state index in [1.165, 1.54) is 0 Å². The fourth-order valence-corrected chi connectivity index (χ4v) is 2.06. The van der Waals surface area contributed by atoms with Gasteiger partial charge in [0.15, 0.2) is 0 Å². The second-order valence-electron chi connectivity index (χ2n) is 3.44. The van der Waals surface area contributed by atoms with Crippen molar-refractivity contribution in [2.24, 2.45) is 0 Å². The van der Waals surface area contributed by atoms with Crippen LogP contribution < -0.4 is 0 Å². The van der Waals surface area contributed by atoms with Crippen LogP contribution in [0.15, 0.2) is 28.7 Å². The summed E-state index contributed by atoms with van der Waals surface area (Å²) in [5, 5.41) is 0.